The average molecular weight is 344 g/mol. The molecule has 2 N–H and O–H groups in total. The predicted octanol–water partition coefficient (Wildman–Crippen LogP) is 2.82. The number of aliphatic carboxylic acids is 1. The third kappa shape index (κ3) is 4.31. The van der Waals surface area contributed by atoms with Gasteiger partial charge in [-0.25, -0.2) is 9.59 Å². The van der Waals surface area contributed by atoms with Crippen molar-refractivity contribution in [3.05, 3.63) is 75.8 Å². The highest BCUT2D eigenvalue weighted by Crippen LogP contribution is 2.25. The van der Waals surface area contributed by atoms with Gasteiger partial charge in [0.25, 0.3) is 5.69 Å². The Balaban J connectivity index is 2.16. The SMILES string of the molecule is CC(NC(=O)OCc1ccccc1)(C(=O)O)c1cccc([N+](=O)[O-])c1. The molecule has 0 spiro atoms. The lowest BCUT2D eigenvalue weighted by Gasteiger charge is -2.26. The Hall–Kier alpha value is -3.42. The highest BCUT2D eigenvalue weighted by molar-refractivity contribution is 5.85. The first kappa shape index (κ1) is 17.9. The molecule has 0 aromatic heterocycles. The summed E-state index contributed by atoms with van der Waals surface area (Å²) >= 11 is 0. The van der Waals surface area contributed by atoms with Crippen molar-refractivity contribution in [1.29, 1.82) is 0 Å². The fourth-order valence-corrected chi connectivity index (χ4v) is 2.14. The van der Waals surface area contributed by atoms with Gasteiger partial charge >= 0.3 is 12.1 Å². The number of hydrogen-bond acceptors (Lipinski definition) is 5. The van der Waals surface area contributed by atoms with E-state index in [2.05, 4.69) is 5.32 Å². The Labute approximate surface area is 143 Å². The zero-order valence-electron chi connectivity index (χ0n) is 13.3. The van der Waals surface area contributed by atoms with Crippen LogP contribution >= 0.6 is 0 Å². The van der Waals surface area contributed by atoms with Crippen molar-refractivity contribution in [1.82, 2.24) is 5.32 Å². The van der Waals surface area contributed by atoms with Crippen molar-refractivity contribution in [3.63, 3.8) is 0 Å². The number of ether oxygens (including phenoxy) is 1. The van der Waals surface area contributed by atoms with Crippen LogP contribution in [0.15, 0.2) is 54.6 Å². The Kier molecular flexibility index (Phi) is 5.33. The summed E-state index contributed by atoms with van der Waals surface area (Å²) in [5, 5.41) is 22.6. The summed E-state index contributed by atoms with van der Waals surface area (Å²) in [5.74, 6) is -1.37. The van der Waals surface area contributed by atoms with Crippen LogP contribution in [0.2, 0.25) is 0 Å². The molecular formula is C17H16N2O6. The van der Waals surface area contributed by atoms with Gasteiger partial charge in [0.05, 0.1) is 4.92 Å². The molecule has 0 heterocycles. The van der Waals surface area contributed by atoms with Crippen LogP contribution in [0.4, 0.5) is 10.5 Å². The van der Waals surface area contributed by atoms with Crippen LogP contribution < -0.4 is 5.32 Å². The lowest BCUT2D eigenvalue weighted by Crippen LogP contribution is -2.49. The molecule has 0 saturated heterocycles. The minimum atomic E-state index is -1.88. The molecule has 1 atom stereocenters. The number of nitro groups is 1. The van der Waals surface area contributed by atoms with Gasteiger partial charge in [0.1, 0.15) is 6.61 Å². The molecule has 0 radical (unpaired) electrons. The first-order valence-corrected chi connectivity index (χ1v) is 7.30. The third-order valence-electron chi connectivity index (χ3n) is 3.63. The number of nitrogens with zero attached hydrogens (tertiary/aromatic N) is 1. The molecule has 2 rings (SSSR count). The molecule has 8 nitrogen and oxygen atoms in total. The van der Waals surface area contributed by atoms with Gasteiger partial charge in [0, 0.05) is 12.1 Å². The number of hydrogen-bond donors (Lipinski definition) is 2. The molecule has 2 aromatic rings. The second-order valence-electron chi connectivity index (χ2n) is 5.42. The first-order valence-electron chi connectivity index (χ1n) is 7.30. The molecule has 0 saturated carbocycles. The van der Waals surface area contributed by atoms with Crippen LogP contribution in [0.5, 0.6) is 0 Å². The van der Waals surface area contributed by atoms with Crippen LogP contribution in [-0.4, -0.2) is 22.1 Å². The zero-order chi connectivity index (χ0) is 18.4. The van der Waals surface area contributed by atoms with Crippen LogP contribution in [0.1, 0.15) is 18.1 Å². The minimum absolute atomic E-state index is 0.0304. The lowest BCUT2D eigenvalue weighted by molar-refractivity contribution is -0.385. The highest BCUT2D eigenvalue weighted by atomic mass is 16.6. The number of benzene rings is 2. The number of non-ortho nitro benzene ring substituents is 1. The van der Waals surface area contributed by atoms with Crippen molar-refractivity contribution < 1.29 is 24.4 Å². The number of nitrogens with one attached hydrogen (secondary N) is 1. The molecule has 0 fully saturated rings. The summed E-state index contributed by atoms with van der Waals surface area (Å²) in [4.78, 5) is 33.9. The maximum Gasteiger partial charge on any atom is 0.408 e. The molecule has 0 aliphatic rings. The van der Waals surface area contributed by atoms with Gasteiger partial charge in [0.2, 0.25) is 0 Å². The monoisotopic (exact) mass is 344 g/mol. The number of carboxylic acids is 1. The number of nitro benzene ring substituents is 1. The van der Waals surface area contributed by atoms with E-state index in [4.69, 9.17) is 4.74 Å². The van der Waals surface area contributed by atoms with Gasteiger partial charge < -0.3 is 15.2 Å². The van der Waals surface area contributed by atoms with E-state index in [-0.39, 0.29) is 17.9 Å². The number of amides is 1. The highest BCUT2D eigenvalue weighted by Gasteiger charge is 2.38. The van der Waals surface area contributed by atoms with Gasteiger partial charge in [-0.05, 0) is 18.1 Å². The molecule has 1 unspecified atom stereocenters. The van der Waals surface area contributed by atoms with E-state index in [0.29, 0.717) is 0 Å². The standard InChI is InChI=1S/C17H16N2O6/c1-17(15(20)21,13-8-5-9-14(10-13)19(23)24)18-16(22)25-11-12-6-3-2-4-7-12/h2-10H,11H2,1H3,(H,18,22)(H,20,21). The smallest absolute Gasteiger partial charge is 0.408 e. The van der Waals surface area contributed by atoms with E-state index in [9.17, 15) is 24.8 Å². The number of carbonyl (C=O) groups excluding carboxylic acids is 1. The molecule has 25 heavy (non-hydrogen) atoms. The molecular weight excluding hydrogens is 328 g/mol. The third-order valence-corrected chi connectivity index (χ3v) is 3.63. The normalized spacial score (nSPS) is 12.7. The average Bonchev–Trinajstić information content (AvgIpc) is 2.60. The second-order valence-corrected chi connectivity index (χ2v) is 5.42. The van der Waals surface area contributed by atoms with Gasteiger partial charge in [-0.3, -0.25) is 10.1 Å². The largest absolute Gasteiger partial charge is 0.479 e. The molecule has 1 amide bonds. The van der Waals surface area contributed by atoms with Crippen LogP contribution in [0.3, 0.4) is 0 Å². The summed E-state index contributed by atoms with van der Waals surface area (Å²) in [5.41, 5.74) is -1.35. The Morgan fingerprint density at radius 3 is 2.48 bits per heavy atom. The van der Waals surface area contributed by atoms with E-state index in [0.717, 1.165) is 11.6 Å². The maximum absolute atomic E-state index is 12.0. The minimum Gasteiger partial charge on any atom is -0.479 e. The van der Waals surface area contributed by atoms with Crippen molar-refractivity contribution in [3.8, 4) is 0 Å². The van der Waals surface area contributed by atoms with Crippen LogP contribution in [0.25, 0.3) is 0 Å². The van der Waals surface area contributed by atoms with E-state index in [1.54, 1.807) is 24.3 Å². The Bertz CT molecular complexity index is 793. The second kappa shape index (κ2) is 7.43. The van der Waals surface area contributed by atoms with Crippen molar-refractivity contribution in [2.45, 2.75) is 19.1 Å². The topological polar surface area (TPSA) is 119 Å². The summed E-state index contributed by atoms with van der Waals surface area (Å²) in [7, 11) is 0. The van der Waals surface area contributed by atoms with Gasteiger partial charge in [-0.15, -0.1) is 0 Å². The maximum atomic E-state index is 12.0. The molecule has 8 heteroatoms. The Morgan fingerprint density at radius 1 is 1.20 bits per heavy atom. The summed E-state index contributed by atoms with van der Waals surface area (Å²) in [6, 6.07) is 14.0. The first-order chi connectivity index (χ1) is 11.8. The summed E-state index contributed by atoms with van der Waals surface area (Å²) in [6.07, 6.45) is -0.944. The van der Waals surface area contributed by atoms with Crippen molar-refractivity contribution in [2.75, 3.05) is 0 Å². The fraction of sp³-hybridized carbons (Fsp3) is 0.176. The zero-order valence-corrected chi connectivity index (χ0v) is 13.3. The number of rotatable bonds is 6. The number of alkyl carbamates (subject to hydrolysis) is 1. The van der Waals surface area contributed by atoms with Crippen LogP contribution in [-0.2, 0) is 21.7 Å². The van der Waals surface area contributed by atoms with Gasteiger partial charge in [0.15, 0.2) is 5.54 Å². The molecule has 0 bridgehead atoms. The number of carbonyl (C=O) groups is 2. The molecule has 2 aromatic carbocycles. The quantitative estimate of drug-likeness (QED) is 0.614. The summed E-state index contributed by atoms with van der Waals surface area (Å²) in [6.45, 7) is 1.20. The van der Waals surface area contributed by atoms with Crippen molar-refractivity contribution in [2.24, 2.45) is 0 Å². The van der Waals surface area contributed by atoms with Gasteiger partial charge in [-0.2, -0.15) is 0 Å². The number of carboxylic acid groups (broad SMARTS) is 1. The molecule has 0 aliphatic heterocycles. The molecule has 130 valence electrons. The van der Waals surface area contributed by atoms with E-state index >= 15 is 0 Å². The predicted molar refractivity (Wildman–Crippen MR) is 87.8 cm³/mol. The van der Waals surface area contributed by atoms with E-state index < -0.39 is 22.5 Å². The lowest BCUT2D eigenvalue weighted by atomic mass is 9.92. The van der Waals surface area contributed by atoms with E-state index in [1.165, 1.54) is 25.1 Å². The molecule has 0 aliphatic carbocycles. The Morgan fingerprint density at radius 2 is 1.88 bits per heavy atom. The summed E-state index contributed by atoms with van der Waals surface area (Å²) < 4.78 is 5.03. The fourth-order valence-electron chi connectivity index (χ4n) is 2.14. The van der Waals surface area contributed by atoms with E-state index in [1.807, 2.05) is 6.07 Å². The van der Waals surface area contributed by atoms with Crippen molar-refractivity contribution >= 4 is 17.7 Å². The van der Waals surface area contributed by atoms with Gasteiger partial charge in [-0.1, -0.05) is 42.5 Å². The van der Waals surface area contributed by atoms with Crippen LogP contribution in [0, 0.1) is 10.1 Å².